The summed E-state index contributed by atoms with van der Waals surface area (Å²) in [7, 11) is 0. The Balaban J connectivity index is 2.91. The summed E-state index contributed by atoms with van der Waals surface area (Å²) in [5.41, 5.74) is 8.22. The maximum atomic E-state index is 5.63. The second-order valence-electron chi connectivity index (χ2n) is 4.35. The summed E-state index contributed by atoms with van der Waals surface area (Å²) < 4.78 is 5.63. The van der Waals surface area contributed by atoms with Crippen LogP contribution in [0.5, 0.6) is 5.75 Å². The molecule has 90 valence electrons. The number of hydrogen-bond donors (Lipinski definition) is 1. The fourth-order valence-electron chi connectivity index (χ4n) is 1.74. The summed E-state index contributed by atoms with van der Waals surface area (Å²) in [4.78, 5) is 0. The number of hydrogen-bond acceptors (Lipinski definition) is 2. The lowest BCUT2D eigenvalue weighted by atomic mass is 9.98. The minimum Gasteiger partial charge on any atom is -0.494 e. The number of rotatable bonds is 6. The van der Waals surface area contributed by atoms with Crippen molar-refractivity contribution in [3.8, 4) is 5.75 Å². The third-order valence-electron chi connectivity index (χ3n) is 2.70. The fraction of sp³-hybridized carbons (Fsp3) is 0.571. The van der Waals surface area contributed by atoms with Gasteiger partial charge in [0.15, 0.2) is 0 Å². The minimum atomic E-state index is 0.562. The predicted molar refractivity (Wildman–Crippen MR) is 69.1 cm³/mol. The van der Waals surface area contributed by atoms with Crippen LogP contribution in [-0.2, 0) is 6.42 Å². The SMILES string of the molecule is CCOc1ccc(C(C)C)cc1CCCN. The number of benzene rings is 1. The first kappa shape index (κ1) is 13.0. The van der Waals surface area contributed by atoms with E-state index in [1.165, 1.54) is 11.1 Å². The molecule has 0 aliphatic heterocycles. The maximum Gasteiger partial charge on any atom is 0.122 e. The van der Waals surface area contributed by atoms with Crippen LogP contribution in [0, 0.1) is 0 Å². The van der Waals surface area contributed by atoms with Gasteiger partial charge in [0.05, 0.1) is 6.61 Å². The van der Waals surface area contributed by atoms with E-state index in [9.17, 15) is 0 Å². The molecule has 2 nitrogen and oxygen atoms in total. The van der Waals surface area contributed by atoms with E-state index in [0.29, 0.717) is 5.92 Å². The van der Waals surface area contributed by atoms with Crippen LogP contribution >= 0.6 is 0 Å². The van der Waals surface area contributed by atoms with Gasteiger partial charge in [-0.05, 0) is 49.4 Å². The first-order valence-electron chi connectivity index (χ1n) is 6.14. The normalized spacial score (nSPS) is 10.8. The highest BCUT2D eigenvalue weighted by atomic mass is 16.5. The smallest absolute Gasteiger partial charge is 0.122 e. The Labute approximate surface area is 98.8 Å². The summed E-state index contributed by atoms with van der Waals surface area (Å²) in [6, 6.07) is 6.50. The Morgan fingerprint density at radius 3 is 2.62 bits per heavy atom. The molecule has 2 N–H and O–H groups in total. The molecule has 0 aromatic heterocycles. The van der Waals surface area contributed by atoms with Gasteiger partial charge in [-0.2, -0.15) is 0 Å². The van der Waals surface area contributed by atoms with Crippen molar-refractivity contribution in [2.24, 2.45) is 5.73 Å². The Morgan fingerprint density at radius 1 is 1.31 bits per heavy atom. The molecule has 0 saturated heterocycles. The van der Waals surface area contributed by atoms with Crippen molar-refractivity contribution in [1.29, 1.82) is 0 Å². The average Bonchev–Trinajstić information content (AvgIpc) is 2.27. The van der Waals surface area contributed by atoms with E-state index in [2.05, 4.69) is 32.0 Å². The van der Waals surface area contributed by atoms with Crippen molar-refractivity contribution in [2.45, 2.75) is 39.5 Å². The van der Waals surface area contributed by atoms with Crippen molar-refractivity contribution in [1.82, 2.24) is 0 Å². The largest absolute Gasteiger partial charge is 0.494 e. The summed E-state index contributed by atoms with van der Waals surface area (Å²) in [5, 5.41) is 0. The predicted octanol–water partition coefficient (Wildman–Crippen LogP) is 3.10. The van der Waals surface area contributed by atoms with E-state index in [0.717, 1.165) is 31.7 Å². The molecule has 0 fully saturated rings. The molecule has 0 heterocycles. The van der Waals surface area contributed by atoms with Crippen LogP contribution < -0.4 is 10.5 Å². The van der Waals surface area contributed by atoms with Gasteiger partial charge in [-0.1, -0.05) is 26.0 Å². The average molecular weight is 221 g/mol. The Morgan fingerprint density at radius 2 is 2.06 bits per heavy atom. The van der Waals surface area contributed by atoms with Crippen molar-refractivity contribution in [3.63, 3.8) is 0 Å². The standard InChI is InChI=1S/C14H23NO/c1-4-16-14-8-7-12(11(2)3)10-13(14)6-5-9-15/h7-8,10-11H,4-6,9,15H2,1-3H3. The van der Waals surface area contributed by atoms with Gasteiger partial charge < -0.3 is 10.5 Å². The first-order valence-corrected chi connectivity index (χ1v) is 6.14. The molecule has 1 aromatic carbocycles. The van der Waals surface area contributed by atoms with Crippen LogP contribution in [0.4, 0.5) is 0 Å². The highest BCUT2D eigenvalue weighted by Gasteiger charge is 2.06. The van der Waals surface area contributed by atoms with Gasteiger partial charge in [0.1, 0.15) is 5.75 Å². The minimum absolute atomic E-state index is 0.562. The lowest BCUT2D eigenvalue weighted by Gasteiger charge is -2.13. The molecule has 0 spiro atoms. The monoisotopic (exact) mass is 221 g/mol. The zero-order valence-corrected chi connectivity index (χ0v) is 10.6. The van der Waals surface area contributed by atoms with Gasteiger partial charge in [-0.15, -0.1) is 0 Å². The highest BCUT2D eigenvalue weighted by molar-refractivity contribution is 5.38. The molecule has 0 amide bonds. The number of aryl methyl sites for hydroxylation is 1. The van der Waals surface area contributed by atoms with Crippen LogP contribution in [0.1, 0.15) is 44.2 Å². The number of ether oxygens (including phenoxy) is 1. The third kappa shape index (κ3) is 3.53. The molecular weight excluding hydrogens is 198 g/mol. The van der Waals surface area contributed by atoms with Crippen molar-refractivity contribution in [2.75, 3.05) is 13.2 Å². The molecule has 0 aliphatic carbocycles. The van der Waals surface area contributed by atoms with Crippen LogP contribution in [0.25, 0.3) is 0 Å². The lowest BCUT2D eigenvalue weighted by molar-refractivity contribution is 0.336. The Bertz CT molecular complexity index is 321. The van der Waals surface area contributed by atoms with Crippen LogP contribution in [0.2, 0.25) is 0 Å². The fourth-order valence-corrected chi connectivity index (χ4v) is 1.74. The van der Waals surface area contributed by atoms with Gasteiger partial charge >= 0.3 is 0 Å². The molecular formula is C14H23NO. The maximum absolute atomic E-state index is 5.63. The zero-order valence-electron chi connectivity index (χ0n) is 10.6. The molecule has 0 atom stereocenters. The van der Waals surface area contributed by atoms with E-state index in [1.807, 2.05) is 6.92 Å². The van der Waals surface area contributed by atoms with E-state index in [-0.39, 0.29) is 0 Å². The molecule has 0 bridgehead atoms. The Kier molecular flexibility index (Phi) is 5.33. The molecule has 0 radical (unpaired) electrons. The second-order valence-corrected chi connectivity index (χ2v) is 4.35. The van der Waals surface area contributed by atoms with Gasteiger partial charge in [-0.25, -0.2) is 0 Å². The van der Waals surface area contributed by atoms with Crippen molar-refractivity contribution < 1.29 is 4.74 Å². The topological polar surface area (TPSA) is 35.2 Å². The number of nitrogens with two attached hydrogens (primary N) is 1. The van der Waals surface area contributed by atoms with Gasteiger partial charge in [0.2, 0.25) is 0 Å². The summed E-state index contributed by atoms with van der Waals surface area (Å²) in [6.45, 7) is 7.89. The molecule has 2 heteroatoms. The first-order chi connectivity index (χ1) is 7.69. The van der Waals surface area contributed by atoms with E-state index in [1.54, 1.807) is 0 Å². The second kappa shape index (κ2) is 6.54. The van der Waals surface area contributed by atoms with Crippen molar-refractivity contribution in [3.05, 3.63) is 29.3 Å². The third-order valence-corrected chi connectivity index (χ3v) is 2.70. The van der Waals surface area contributed by atoms with Crippen LogP contribution in [-0.4, -0.2) is 13.2 Å². The quantitative estimate of drug-likeness (QED) is 0.801. The summed E-state index contributed by atoms with van der Waals surface area (Å²) >= 11 is 0. The highest BCUT2D eigenvalue weighted by Crippen LogP contribution is 2.25. The van der Waals surface area contributed by atoms with E-state index < -0.39 is 0 Å². The van der Waals surface area contributed by atoms with Gasteiger partial charge in [0, 0.05) is 0 Å². The van der Waals surface area contributed by atoms with Crippen LogP contribution in [0.15, 0.2) is 18.2 Å². The van der Waals surface area contributed by atoms with Crippen molar-refractivity contribution >= 4 is 0 Å². The lowest BCUT2D eigenvalue weighted by Crippen LogP contribution is -2.03. The van der Waals surface area contributed by atoms with Gasteiger partial charge in [-0.3, -0.25) is 0 Å². The molecule has 0 saturated carbocycles. The molecule has 1 rings (SSSR count). The summed E-state index contributed by atoms with van der Waals surface area (Å²) in [5.74, 6) is 1.58. The van der Waals surface area contributed by atoms with Crippen LogP contribution in [0.3, 0.4) is 0 Å². The van der Waals surface area contributed by atoms with E-state index >= 15 is 0 Å². The zero-order chi connectivity index (χ0) is 12.0. The van der Waals surface area contributed by atoms with E-state index in [4.69, 9.17) is 10.5 Å². The molecule has 16 heavy (non-hydrogen) atoms. The van der Waals surface area contributed by atoms with Gasteiger partial charge in [0.25, 0.3) is 0 Å². The summed E-state index contributed by atoms with van der Waals surface area (Å²) in [6.07, 6.45) is 2.02. The Hall–Kier alpha value is -1.02. The molecule has 0 aliphatic rings. The molecule has 0 unspecified atom stereocenters. The molecule has 1 aromatic rings.